The number of hydrogen-bond acceptors (Lipinski definition) is 2. The van der Waals surface area contributed by atoms with E-state index < -0.39 is 0 Å². The molecule has 1 aromatic heterocycles. The van der Waals surface area contributed by atoms with E-state index in [1.54, 1.807) is 0 Å². The smallest absolute Gasteiger partial charge is 0.242 e. The second kappa shape index (κ2) is 7.27. The fourth-order valence-electron chi connectivity index (χ4n) is 2.77. The summed E-state index contributed by atoms with van der Waals surface area (Å²) in [6.45, 7) is 6.65. The standard InChI is InChI=1S/C17H25N3O/c1-3-19(4-2)17(21)13-20-12-14(8-7-11-18)15-9-5-6-10-16(15)20/h5-6,9-10,12H,3-4,7-8,11,13,18H2,1-2H3. The van der Waals surface area contributed by atoms with Crippen LogP contribution in [0.1, 0.15) is 25.8 Å². The lowest BCUT2D eigenvalue weighted by molar-refractivity contribution is -0.131. The lowest BCUT2D eigenvalue weighted by atomic mass is 10.1. The van der Waals surface area contributed by atoms with Crippen molar-refractivity contribution in [1.82, 2.24) is 9.47 Å². The molecule has 2 N–H and O–H groups in total. The predicted octanol–water partition coefficient (Wildman–Crippen LogP) is 2.40. The van der Waals surface area contributed by atoms with Gasteiger partial charge in [0.1, 0.15) is 6.54 Å². The summed E-state index contributed by atoms with van der Waals surface area (Å²) in [5, 5.41) is 1.23. The zero-order chi connectivity index (χ0) is 15.2. The van der Waals surface area contributed by atoms with Crippen LogP contribution in [0.5, 0.6) is 0 Å². The van der Waals surface area contributed by atoms with Gasteiger partial charge in [-0.25, -0.2) is 0 Å². The first-order valence-corrected chi connectivity index (χ1v) is 7.75. The molecule has 2 aromatic rings. The van der Waals surface area contributed by atoms with E-state index in [0.29, 0.717) is 13.1 Å². The van der Waals surface area contributed by atoms with Crippen molar-refractivity contribution >= 4 is 16.8 Å². The average Bonchev–Trinajstić information content (AvgIpc) is 2.85. The summed E-state index contributed by atoms with van der Waals surface area (Å²) < 4.78 is 2.07. The Kier molecular flexibility index (Phi) is 5.39. The molecule has 0 saturated heterocycles. The molecule has 0 saturated carbocycles. The summed E-state index contributed by atoms with van der Waals surface area (Å²) in [4.78, 5) is 14.2. The summed E-state index contributed by atoms with van der Waals surface area (Å²) in [5.41, 5.74) is 8.03. The molecule has 21 heavy (non-hydrogen) atoms. The Bertz CT molecular complexity index is 599. The van der Waals surface area contributed by atoms with Crippen LogP contribution in [0.15, 0.2) is 30.5 Å². The van der Waals surface area contributed by atoms with Gasteiger partial charge in [-0.2, -0.15) is 0 Å². The van der Waals surface area contributed by atoms with E-state index in [4.69, 9.17) is 5.73 Å². The molecule has 0 atom stereocenters. The molecule has 0 aliphatic heterocycles. The van der Waals surface area contributed by atoms with Gasteiger partial charge in [0.15, 0.2) is 0 Å². The summed E-state index contributed by atoms with van der Waals surface area (Å²) in [7, 11) is 0. The molecule has 0 fully saturated rings. The number of para-hydroxylation sites is 1. The molecule has 0 aliphatic carbocycles. The van der Waals surface area contributed by atoms with Crippen molar-refractivity contribution in [2.75, 3.05) is 19.6 Å². The highest BCUT2D eigenvalue weighted by atomic mass is 16.2. The third-order valence-corrected chi connectivity index (χ3v) is 3.94. The first-order chi connectivity index (χ1) is 10.2. The van der Waals surface area contributed by atoms with Crippen LogP contribution in [0, 0.1) is 0 Å². The predicted molar refractivity (Wildman–Crippen MR) is 87.2 cm³/mol. The Morgan fingerprint density at radius 3 is 2.62 bits per heavy atom. The molecule has 1 amide bonds. The number of carbonyl (C=O) groups excluding carboxylic acids is 1. The Morgan fingerprint density at radius 1 is 1.24 bits per heavy atom. The van der Waals surface area contributed by atoms with E-state index in [9.17, 15) is 4.79 Å². The van der Waals surface area contributed by atoms with Crippen molar-refractivity contribution in [2.45, 2.75) is 33.2 Å². The highest BCUT2D eigenvalue weighted by Gasteiger charge is 2.13. The van der Waals surface area contributed by atoms with Crippen molar-refractivity contribution in [1.29, 1.82) is 0 Å². The molecule has 1 aromatic carbocycles. The second-order valence-corrected chi connectivity index (χ2v) is 5.26. The van der Waals surface area contributed by atoms with Gasteiger partial charge in [-0.05, 0) is 44.9 Å². The molecule has 0 bridgehead atoms. The Hall–Kier alpha value is -1.81. The first-order valence-electron chi connectivity index (χ1n) is 7.75. The van der Waals surface area contributed by atoms with Crippen LogP contribution in [0.2, 0.25) is 0 Å². The number of aromatic nitrogens is 1. The maximum Gasteiger partial charge on any atom is 0.242 e. The molecule has 0 aliphatic rings. The van der Waals surface area contributed by atoms with Gasteiger partial charge >= 0.3 is 0 Å². The number of nitrogens with two attached hydrogens (primary N) is 1. The first kappa shape index (κ1) is 15.6. The van der Waals surface area contributed by atoms with E-state index in [1.165, 1.54) is 10.9 Å². The quantitative estimate of drug-likeness (QED) is 0.850. The van der Waals surface area contributed by atoms with Crippen LogP contribution < -0.4 is 5.73 Å². The van der Waals surface area contributed by atoms with E-state index in [0.717, 1.165) is 31.4 Å². The zero-order valence-corrected chi connectivity index (χ0v) is 13.0. The zero-order valence-electron chi connectivity index (χ0n) is 13.0. The molecule has 2 rings (SSSR count). The number of rotatable bonds is 7. The maximum atomic E-state index is 12.3. The number of nitrogens with zero attached hydrogens (tertiary/aromatic N) is 2. The fourth-order valence-corrected chi connectivity index (χ4v) is 2.77. The Morgan fingerprint density at radius 2 is 1.95 bits per heavy atom. The third kappa shape index (κ3) is 3.45. The summed E-state index contributed by atoms with van der Waals surface area (Å²) in [5.74, 6) is 0.172. The van der Waals surface area contributed by atoms with Gasteiger partial charge in [-0.15, -0.1) is 0 Å². The van der Waals surface area contributed by atoms with Crippen LogP contribution in [-0.2, 0) is 17.8 Å². The molecule has 0 radical (unpaired) electrons. The van der Waals surface area contributed by atoms with Gasteiger partial charge < -0.3 is 15.2 Å². The summed E-state index contributed by atoms with van der Waals surface area (Å²) in [6.07, 6.45) is 4.04. The molecule has 0 spiro atoms. The van der Waals surface area contributed by atoms with Crippen molar-refractivity contribution < 1.29 is 4.79 Å². The second-order valence-electron chi connectivity index (χ2n) is 5.26. The lowest BCUT2D eigenvalue weighted by Crippen LogP contribution is -2.33. The van der Waals surface area contributed by atoms with Gasteiger partial charge in [0.2, 0.25) is 5.91 Å². The van der Waals surface area contributed by atoms with Crippen LogP contribution in [-0.4, -0.2) is 35.0 Å². The van der Waals surface area contributed by atoms with E-state index in [-0.39, 0.29) is 5.91 Å². The maximum absolute atomic E-state index is 12.3. The van der Waals surface area contributed by atoms with E-state index >= 15 is 0 Å². The van der Waals surface area contributed by atoms with Gasteiger partial charge in [0.25, 0.3) is 0 Å². The largest absolute Gasteiger partial charge is 0.342 e. The minimum absolute atomic E-state index is 0.172. The molecule has 4 heteroatoms. The van der Waals surface area contributed by atoms with Crippen LogP contribution in [0.4, 0.5) is 0 Å². The van der Waals surface area contributed by atoms with Crippen molar-refractivity contribution in [3.05, 3.63) is 36.0 Å². The number of benzene rings is 1. The Balaban J connectivity index is 2.29. The molecule has 114 valence electrons. The minimum atomic E-state index is 0.172. The topological polar surface area (TPSA) is 51.3 Å². The number of likely N-dealkylation sites (N-methyl/N-ethyl adjacent to an activating group) is 1. The molecule has 0 unspecified atom stereocenters. The number of fused-ring (bicyclic) bond motifs is 1. The average molecular weight is 287 g/mol. The highest BCUT2D eigenvalue weighted by molar-refractivity contribution is 5.86. The van der Waals surface area contributed by atoms with Crippen molar-refractivity contribution in [2.24, 2.45) is 5.73 Å². The van der Waals surface area contributed by atoms with E-state index in [1.807, 2.05) is 30.9 Å². The van der Waals surface area contributed by atoms with Crippen molar-refractivity contribution in [3.8, 4) is 0 Å². The van der Waals surface area contributed by atoms with Crippen LogP contribution in [0.3, 0.4) is 0 Å². The lowest BCUT2D eigenvalue weighted by Gasteiger charge is -2.19. The number of carbonyl (C=O) groups is 1. The Labute approximate surface area is 126 Å². The van der Waals surface area contributed by atoms with Crippen LogP contribution in [0.25, 0.3) is 10.9 Å². The van der Waals surface area contributed by atoms with Gasteiger partial charge in [0, 0.05) is 30.2 Å². The monoisotopic (exact) mass is 287 g/mol. The number of hydrogen-bond donors (Lipinski definition) is 1. The van der Waals surface area contributed by atoms with Gasteiger partial charge in [-0.3, -0.25) is 4.79 Å². The van der Waals surface area contributed by atoms with Gasteiger partial charge in [0.05, 0.1) is 0 Å². The number of amides is 1. The number of aryl methyl sites for hydroxylation is 1. The summed E-state index contributed by atoms with van der Waals surface area (Å²) in [6, 6.07) is 8.27. The molecular weight excluding hydrogens is 262 g/mol. The summed E-state index contributed by atoms with van der Waals surface area (Å²) >= 11 is 0. The fraction of sp³-hybridized carbons (Fsp3) is 0.471. The minimum Gasteiger partial charge on any atom is -0.342 e. The van der Waals surface area contributed by atoms with Crippen molar-refractivity contribution in [3.63, 3.8) is 0 Å². The SMILES string of the molecule is CCN(CC)C(=O)Cn1cc(CCCN)c2ccccc21. The molecule has 4 nitrogen and oxygen atoms in total. The molecular formula is C17H25N3O. The van der Waals surface area contributed by atoms with Crippen LogP contribution >= 0.6 is 0 Å². The van der Waals surface area contributed by atoms with E-state index in [2.05, 4.69) is 22.9 Å². The normalized spacial score (nSPS) is 11.0. The highest BCUT2D eigenvalue weighted by Crippen LogP contribution is 2.22. The van der Waals surface area contributed by atoms with Gasteiger partial charge in [-0.1, -0.05) is 18.2 Å². The third-order valence-electron chi connectivity index (χ3n) is 3.94. The molecule has 1 heterocycles.